The van der Waals surface area contributed by atoms with Gasteiger partial charge < -0.3 is 16.4 Å². The molecule has 4 N–H and O–H groups in total. The van der Waals surface area contributed by atoms with Crippen LogP contribution in [0.3, 0.4) is 0 Å². The van der Waals surface area contributed by atoms with Crippen molar-refractivity contribution in [1.29, 1.82) is 5.26 Å². The Kier molecular flexibility index (Phi) is 7.86. The minimum absolute atomic E-state index is 0.377. The van der Waals surface area contributed by atoms with E-state index in [2.05, 4.69) is 44.9 Å². The number of para-hydroxylation sites is 1. The summed E-state index contributed by atoms with van der Waals surface area (Å²) < 4.78 is 3.66. The van der Waals surface area contributed by atoms with Crippen LogP contribution in [0.2, 0.25) is 0 Å². The highest BCUT2D eigenvalue weighted by atomic mass is 15.3. The number of aryl methyl sites for hydroxylation is 4. The van der Waals surface area contributed by atoms with E-state index in [1.54, 1.807) is 11.7 Å². The Bertz CT molecular complexity index is 1090. The highest BCUT2D eigenvalue weighted by Crippen LogP contribution is 2.21. The van der Waals surface area contributed by atoms with Crippen molar-refractivity contribution in [3.05, 3.63) is 59.0 Å². The van der Waals surface area contributed by atoms with Gasteiger partial charge in [0.05, 0.1) is 17.1 Å². The van der Waals surface area contributed by atoms with Gasteiger partial charge in [-0.1, -0.05) is 18.2 Å². The Balaban J connectivity index is 1.45. The molecule has 0 aliphatic heterocycles. The summed E-state index contributed by atoms with van der Waals surface area (Å²) in [5.74, 6) is 1.13. The first-order chi connectivity index (χ1) is 15.5. The average molecular weight is 434 g/mol. The number of hydrogen-bond donors (Lipinski definition) is 3. The number of anilines is 1. The van der Waals surface area contributed by atoms with Crippen molar-refractivity contribution in [1.82, 2.24) is 30.2 Å². The van der Waals surface area contributed by atoms with Crippen molar-refractivity contribution >= 4 is 11.8 Å². The number of nitrogens with zero attached hydrogens (tertiary/aromatic N) is 6. The predicted octanol–water partition coefficient (Wildman–Crippen LogP) is 2.33. The van der Waals surface area contributed by atoms with Gasteiger partial charge in [0, 0.05) is 32.4 Å². The summed E-state index contributed by atoms with van der Waals surface area (Å²) in [6.45, 7) is 6.45. The Morgan fingerprint density at radius 1 is 1.12 bits per heavy atom. The van der Waals surface area contributed by atoms with Gasteiger partial charge >= 0.3 is 0 Å². The van der Waals surface area contributed by atoms with E-state index in [9.17, 15) is 5.26 Å². The zero-order valence-electron chi connectivity index (χ0n) is 19.0. The summed E-state index contributed by atoms with van der Waals surface area (Å²) in [5.41, 5.74) is 10.4. The lowest BCUT2D eigenvalue weighted by atomic mass is 10.1. The van der Waals surface area contributed by atoms with Crippen LogP contribution in [0.15, 0.2) is 41.4 Å². The molecular weight excluding hydrogens is 402 g/mol. The first kappa shape index (κ1) is 22.9. The van der Waals surface area contributed by atoms with Crippen molar-refractivity contribution in [2.45, 2.75) is 39.7 Å². The van der Waals surface area contributed by atoms with Crippen molar-refractivity contribution in [3.63, 3.8) is 0 Å². The molecule has 0 aliphatic carbocycles. The molecule has 2 aromatic heterocycles. The number of rotatable bonds is 9. The molecule has 1 aromatic carbocycles. The fourth-order valence-electron chi connectivity index (χ4n) is 3.56. The molecule has 0 spiro atoms. The van der Waals surface area contributed by atoms with Gasteiger partial charge in [0.15, 0.2) is 5.96 Å². The maximum atomic E-state index is 9.53. The van der Waals surface area contributed by atoms with Crippen LogP contribution in [0.5, 0.6) is 0 Å². The molecule has 0 unspecified atom stereocenters. The van der Waals surface area contributed by atoms with E-state index in [0.29, 0.717) is 30.0 Å². The van der Waals surface area contributed by atoms with Gasteiger partial charge in [-0.3, -0.25) is 9.67 Å². The van der Waals surface area contributed by atoms with Crippen LogP contribution in [0.25, 0.3) is 5.69 Å². The summed E-state index contributed by atoms with van der Waals surface area (Å²) in [5, 5.41) is 25.2. The van der Waals surface area contributed by atoms with Gasteiger partial charge in [0.25, 0.3) is 0 Å². The maximum Gasteiger partial charge on any atom is 0.190 e. The van der Waals surface area contributed by atoms with Crippen LogP contribution < -0.4 is 16.4 Å². The Morgan fingerprint density at radius 2 is 1.84 bits per heavy atom. The van der Waals surface area contributed by atoms with Gasteiger partial charge in [0.1, 0.15) is 17.5 Å². The zero-order chi connectivity index (χ0) is 22.9. The molecule has 168 valence electrons. The van der Waals surface area contributed by atoms with Crippen LogP contribution in [0.4, 0.5) is 5.82 Å². The number of nitriles is 1. The lowest BCUT2D eigenvalue weighted by Crippen LogP contribution is -2.38. The number of hydrogen-bond acceptors (Lipinski definition) is 5. The molecule has 3 aromatic rings. The second-order valence-electron chi connectivity index (χ2n) is 7.60. The second kappa shape index (κ2) is 11.0. The van der Waals surface area contributed by atoms with Gasteiger partial charge in [-0.15, -0.1) is 0 Å². The van der Waals surface area contributed by atoms with E-state index in [1.807, 2.05) is 41.9 Å². The molecule has 9 heteroatoms. The summed E-state index contributed by atoms with van der Waals surface area (Å²) in [6.07, 6.45) is 2.39. The molecule has 3 rings (SSSR count). The molecule has 0 aliphatic rings. The highest BCUT2D eigenvalue weighted by Gasteiger charge is 2.16. The number of guanidine groups is 1. The minimum Gasteiger partial charge on any atom is -0.382 e. The zero-order valence-corrected chi connectivity index (χ0v) is 19.0. The lowest BCUT2D eigenvalue weighted by Gasteiger charge is -2.12. The van der Waals surface area contributed by atoms with Crippen LogP contribution >= 0.6 is 0 Å². The Morgan fingerprint density at radius 3 is 2.47 bits per heavy atom. The first-order valence-corrected chi connectivity index (χ1v) is 10.8. The van der Waals surface area contributed by atoms with Crippen molar-refractivity contribution in [3.8, 4) is 11.8 Å². The third-order valence-electron chi connectivity index (χ3n) is 5.16. The number of nitrogen functional groups attached to an aromatic ring is 1. The second-order valence-corrected chi connectivity index (χ2v) is 7.60. The van der Waals surface area contributed by atoms with Gasteiger partial charge in [-0.2, -0.15) is 15.5 Å². The average Bonchev–Trinajstić information content (AvgIpc) is 3.30. The Hall–Kier alpha value is -3.80. The fourth-order valence-corrected chi connectivity index (χ4v) is 3.56. The van der Waals surface area contributed by atoms with Crippen LogP contribution in [-0.2, 0) is 13.0 Å². The third-order valence-corrected chi connectivity index (χ3v) is 5.16. The molecule has 32 heavy (non-hydrogen) atoms. The normalized spacial score (nSPS) is 11.4. The molecule has 0 bridgehead atoms. The fraction of sp³-hybridized carbons (Fsp3) is 0.391. The lowest BCUT2D eigenvalue weighted by molar-refractivity contribution is 0.555. The van der Waals surface area contributed by atoms with Crippen LogP contribution in [-0.4, -0.2) is 45.7 Å². The predicted molar refractivity (Wildman–Crippen MR) is 127 cm³/mol. The number of aromatic nitrogens is 4. The number of nitrogens with one attached hydrogen (secondary N) is 2. The quantitative estimate of drug-likeness (QED) is 0.270. The topological polar surface area (TPSA) is 122 Å². The molecule has 0 amide bonds. The van der Waals surface area contributed by atoms with E-state index in [0.717, 1.165) is 43.3 Å². The molecule has 0 saturated heterocycles. The van der Waals surface area contributed by atoms with E-state index in [-0.39, 0.29) is 0 Å². The molecule has 0 radical (unpaired) electrons. The summed E-state index contributed by atoms with van der Waals surface area (Å²) in [7, 11) is 1.76. The van der Waals surface area contributed by atoms with Crippen LogP contribution in [0.1, 0.15) is 35.5 Å². The van der Waals surface area contributed by atoms with E-state index in [1.165, 1.54) is 5.69 Å². The summed E-state index contributed by atoms with van der Waals surface area (Å²) in [6, 6.07) is 13.9. The molecule has 0 atom stereocenters. The molecule has 0 fully saturated rings. The Labute approximate surface area is 189 Å². The maximum absolute atomic E-state index is 9.53. The van der Waals surface area contributed by atoms with Gasteiger partial charge in [0.2, 0.25) is 0 Å². The number of nitrogens with two attached hydrogens (primary N) is 1. The standard InChI is InChI=1S/C23H31N9/c1-17-15-18(2)31(29-17)14-8-13-28-23(26-3)27-12-7-11-21-20(16-24)22(25)32(30-21)19-9-5-4-6-10-19/h4-6,9-10,15H,7-8,11-14,25H2,1-3H3,(H2,26,27,28). The highest BCUT2D eigenvalue weighted by molar-refractivity contribution is 5.79. The largest absolute Gasteiger partial charge is 0.382 e. The summed E-state index contributed by atoms with van der Waals surface area (Å²) in [4.78, 5) is 4.27. The molecule has 2 heterocycles. The van der Waals surface area contributed by atoms with Crippen LogP contribution in [0, 0.1) is 25.2 Å². The number of aliphatic imine (C=N–C) groups is 1. The van der Waals surface area contributed by atoms with E-state index >= 15 is 0 Å². The van der Waals surface area contributed by atoms with Crippen molar-refractivity contribution in [2.75, 3.05) is 25.9 Å². The first-order valence-electron chi connectivity index (χ1n) is 10.8. The van der Waals surface area contributed by atoms with Crippen molar-refractivity contribution in [2.24, 2.45) is 4.99 Å². The van der Waals surface area contributed by atoms with Crippen molar-refractivity contribution < 1.29 is 0 Å². The smallest absolute Gasteiger partial charge is 0.190 e. The van der Waals surface area contributed by atoms with Gasteiger partial charge in [-0.25, -0.2) is 4.68 Å². The number of benzene rings is 1. The van der Waals surface area contributed by atoms with E-state index < -0.39 is 0 Å². The minimum atomic E-state index is 0.377. The third kappa shape index (κ3) is 5.66. The monoisotopic (exact) mass is 433 g/mol. The van der Waals surface area contributed by atoms with E-state index in [4.69, 9.17) is 5.73 Å². The van der Waals surface area contributed by atoms with Gasteiger partial charge in [-0.05, 0) is 51.3 Å². The molecule has 0 saturated carbocycles. The SMILES string of the molecule is CN=C(NCCCc1nn(-c2ccccc2)c(N)c1C#N)NCCCn1nc(C)cc1C. The summed E-state index contributed by atoms with van der Waals surface area (Å²) >= 11 is 0. The molecule has 9 nitrogen and oxygen atoms in total. The molecular formula is C23H31N9.